The first-order valence-electron chi connectivity index (χ1n) is 8.63. The van der Waals surface area contributed by atoms with Crippen molar-refractivity contribution in [2.75, 3.05) is 19.0 Å². The highest BCUT2D eigenvalue weighted by atomic mass is 16.5. The number of amides is 1. The van der Waals surface area contributed by atoms with Gasteiger partial charge in [0.2, 0.25) is 5.91 Å². The van der Waals surface area contributed by atoms with Crippen LogP contribution in [0, 0.1) is 0 Å². The van der Waals surface area contributed by atoms with Crippen LogP contribution >= 0.6 is 0 Å². The summed E-state index contributed by atoms with van der Waals surface area (Å²) in [6, 6.07) is 15.9. The van der Waals surface area contributed by atoms with Crippen molar-refractivity contribution in [3.05, 3.63) is 59.7 Å². The molecular formula is C21H28N2O2. The first-order valence-corrected chi connectivity index (χ1v) is 8.63. The van der Waals surface area contributed by atoms with Gasteiger partial charge < -0.3 is 15.4 Å². The van der Waals surface area contributed by atoms with Crippen molar-refractivity contribution in [1.29, 1.82) is 0 Å². The first kappa shape index (κ1) is 19.0. The average molecular weight is 340 g/mol. The van der Waals surface area contributed by atoms with E-state index in [1.807, 2.05) is 42.5 Å². The lowest BCUT2D eigenvalue weighted by atomic mass is 9.86. The monoisotopic (exact) mass is 340 g/mol. The molecule has 0 unspecified atom stereocenters. The van der Waals surface area contributed by atoms with Gasteiger partial charge in [0.15, 0.2) is 0 Å². The van der Waals surface area contributed by atoms with Gasteiger partial charge in [0, 0.05) is 25.2 Å². The molecule has 0 bridgehead atoms. The van der Waals surface area contributed by atoms with Crippen molar-refractivity contribution >= 4 is 11.6 Å². The summed E-state index contributed by atoms with van der Waals surface area (Å²) < 4.78 is 5.14. The van der Waals surface area contributed by atoms with E-state index in [1.54, 1.807) is 7.11 Å². The standard InChI is InChI=1S/C21H28N2O2/c1-21(2,3)18-7-5-6-8-19(18)23-20(24)13-14-22-15-16-9-11-17(25-4)12-10-16/h5-12,22H,13-15H2,1-4H3,(H,23,24). The van der Waals surface area contributed by atoms with Gasteiger partial charge >= 0.3 is 0 Å². The normalized spacial score (nSPS) is 11.2. The number of hydrogen-bond donors (Lipinski definition) is 2. The highest BCUT2D eigenvalue weighted by molar-refractivity contribution is 5.91. The first-order chi connectivity index (χ1) is 11.9. The Morgan fingerprint density at radius 1 is 1.04 bits per heavy atom. The number of benzene rings is 2. The van der Waals surface area contributed by atoms with Gasteiger partial charge in [-0.15, -0.1) is 0 Å². The van der Waals surface area contributed by atoms with Gasteiger partial charge in [-0.05, 0) is 34.7 Å². The van der Waals surface area contributed by atoms with Crippen molar-refractivity contribution in [2.45, 2.75) is 39.2 Å². The lowest BCUT2D eigenvalue weighted by molar-refractivity contribution is -0.116. The molecule has 25 heavy (non-hydrogen) atoms. The van der Waals surface area contributed by atoms with Gasteiger partial charge in [-0.1, -0.05) is 51.1 Å². The fraction of sp³-hybridized carbons (Fsp3) is 0.381. The lowest BCUT2D eigenvalue weighted by Gasteiger charge is -2.23. The predicted octanol–water partition coefficient (Wildman–Crippen LogP) is 4.11. The number of carbonyl (C=O) groups is 1. The molecule has 0 aliphatic carbocycles. The molecule has 0 saturated carbocycles. The summed E-state index contributed by atoms with van der Waals surface area (Å²) in [7, 11) is 1.66. The van der Waals surface area contributed by atoms with Crippen molar-refractivity contribution in [2.24, 2.45) is 0 Å². The summed E-state index contributed by atoms with van der Waals surface area (Å²) >= 11 is 0. The summed E-state index contributed by atoms with van der Waals surface area (Å²) in [5.74, 6) is 0.875. The van der Waals surface area contributed by atoms with E-state index in [1.165, 1.54) is 5.56 Å². The van der Waals surface area contributed by atoms with Crippen LogP contribution in [0.15, 0.2) is 48.5 Å². The number of hydrogen-bond acceptors (Lipinski definition) is 3. The summed E-state index contributed by atoms with van der Waals surface area (Å²) in [4.78, 5) is 12.2. The molecule has 2 aromatic carbocycles. The lowest BCUT2D eigenvalue weighted by Crippen LogP contribution is -2.23. The summed E-state index contributed by atoms with van der Waals surface area (Å²) in [6.07, 6.45) is 0.439. The van der Waals surface area contributed by atoms with E-state index < -0.39 is 0 Å². The highest BCUT2D eigenvalue weighted by Gasteiger charge is 2.18. The number of methoxy groups -OCH3 is 1. The summed E-state index contributed by atoms with van der Waals surface area (Å²) in [6.45, 7) is 7.81. The summed E-state index contributed by atoms with van der Waals surface area (Å²) in [5.41, 5.74) is 3.21. The van der Waals surface area contributed by atoms with Gasteiger partial charge in [0.1, 0.15) is 5.75 Å². The molecule has 0 aliphatic heterocycles. The molecule has 4 nitrogen and oxygen atoms in total. The third-order valence-electron chi connectivity index (χ3n) is 4.03. The van der Waals surface area contributed by atoms with Crippen molar-refractivity contribution in [3.8, 4) is 5.75 Å². The molecule has 2 N–H and O–H groups in total. The molecule has 0 fully saturated rings. The third kappa shape index (κ3) is 5.91. The van der Waals surface area contributed by atoms with Gasteiger partial charge in [-0.25, -0.2) is 0 Å². The number of anilines is 1. The minimum absolute atomic E-state index is 0.00348. The van der Waals surface area contributed by atoms with Crippen molar-refractivity contribution in [1.82, 2.24) is 5.32 Å². The van der Waals surface area contributed by atoms with Gasteiger partial charge in [-0.2, -0.15) is 0 Å². The van der Waals surface area contributed by atoms with Crippen LogP contribution in [0.4, 0.5) is 5.69 Å². The van der Waals surface area contributed by atoms with Crippen LogP contribution in [0.2, 0.25) is 0 Å². The average Bonchev–Trinajstić information content (AvgIpc) is 2.59. The second-order valence-corrected chi connectivity index (χ2v) is 7.12. The Hall–Kier alpha value is -2.33. The zero-order valence-corrected chi connectivity index (χ0v) is 15.6. The number of para-hydroxylation sites is 1. The van der Waals surface area contributed by atoms with Crippen LogP contribution < -0.4 is 15.4 Å². The largest absolute Gasteiger partial charge is 0.497 e. The number of ether oxygens (including phenoxy) is 1. The zero-order valence-electron chi connectivity index (χ0n) is 15.6. The Kier molecular flexibility index (Phi) is 6.59. The van der Waals surface area contributed by atoms with Crippen molar-refractivity contribution in [3.63, 3.8) is 0 Å². The minimum atomic E-state index is -0.00348. The highest BCUT2D eigenvalue weighted by Crippen LogP contribution is 2.29. The maximum absolute atomic E-state index is 12.2. The fourth-order valence-corrected chi connectivity index (χ4v) is 2.64. The van der Waals surface area contributed by atoms with Crippen LogP contribution in [-0.2, 0) is 16.8 Å². The number of nitrogens with one attached hydrogen (secondary N) is 2. The van der Waals surface area contributed by atoms with E-state index in [-0.39, 0.29) is 11.3 Å². The molecular weight excluding hydrogens is 312 g/mol. The van der Waals surface area contributed by atoms with E-state index in [9.17, 15) is 4.79 Å². The van der Waals surface area contributed by atoms with E-state index in [0.29, 0.717) is 13.0 Å². The molecule has 2 rings (SSSR count). The molecule has 0 heterocycles. The zero-order chi connectivity index (χ0) is 18.3. The Labute approximate surface area is 150 Å². The molecule has 0 aliphatic rings. The second-order valence-electron chi connectivity index (χ2n) is 7.12. The minimum Gasteiger partial charge on any atom is -0.497 e. The predicted molar refractivity (Wildman–Crippen MR) is 103 cm³/mol. The molecule has 1 amide bonds. The van der Waals surface area contributed by atoms with Gasteiger partial charge in [0.25, 0.3) is 0 Å². The Balaban J connectivity index is 1.79. The maximum Gasteiger partial charge on any atom is 0.225 e. The molecule has 0 aromatic heterocycles. The van der Waals surface area contributed by atoms with E-state index in [0.717, 1.165) is 23.5 Å². The molecule has 0 radical (unpaired) electrons. The third-order valence-corrected chi connectivity index (χ3v) is 4.03. The quantitative estimate of drug-likeness (QED) is 0.746. The Morgan fingerprint density at radius 3 is 2.36 bits per heavy atom. The summed E-state index contributed by atoms with van der Waals surface area (Å²) in [5, 5.41) is 6.33. The molecule has 0 atom stereocenters. The Bertz CT molecular complexity index is 688. The SMILES string of the molecule is COc1ccc(CNCCC(=O)Nc2ccccc2C(C)(C)C)cc1. The van der Waals surface area contributed by atoms with Crippen LogP contribution in [0.1, 0.15) is 38.3 Å². The van der Waals surface area contributed by atoms with Gasteiger partial charge in [-0.3, -0.25) is 4.79 Å². The maximum atomic E-state index is 12.2. The Morgan fingerprint density at radius 2 is 1.72 bits per heavy atom. The molecule has 134 valence electrons. The second kappa shape index (κ2) is 8.67. The van der Waals surface area contributed by atoms with Crippen LogP contribution in [0.3, 0.4) is 0 Å². The van der Waals surface area contributed by atoms with Crippen LogP contribution in [-0.4, -0.2) is 19.6 Å². The molecule has 2 aromatic rings. The molecule has 4 heteroatoms. The molecule has 0 spiro atoms. The topological polar surface area (TPSA) is 50.4 Å². The van der Waals surface area contributed by atoms with E-state index in [2.05, 4.69) is 37.5 Å². The van der Waals surface area contributed by atoms with E-state index in [4.69, 9.17) is 4.74 Å². The van der Waals surface area contributed by atoms with E-state index >= 15 is 0 Å². The smallest absolute Gasteiger partial charge is 0.225 e. The molecule has 0 saturated heterocycles. The fourth-order valence-electron chi connectivity index (χ4n) is 2.64. The number of carbonyl (C=O) groups excluding carboxylic acids is 1. The van der Waals surface area contributed by atoms with Crippen molar-refractivity contribution < 1.29 is 9.53 Å². The van der Waals surface area contributed by atoms with Crippen LogP contribution in [0.5, 0.6) is 5.75 Å². The van der Waals surface area contributed by atoms with Crippen LogP contribution in [0.25, 0.3) is 0 Å². The number of rotatable bonds is 7. The van der Waals surface area contributed by atoms with Gasteiger partial charge in [0.05, 0.1) is 7.11 Å².